The molecule has 0 saturated carbocycles. The highest BCUT2D eigenvalue weighted by Gasteiger charge is 2.31. The summed E-state index contributed by atoms with van der Waals surface area (Å²) in [7, 11) is 0. The number of hydrogen-bond acceptors (Lipinski definition) is 6. The molecule has 0 amide bonds. The first-order valence-electron chi connectivity index (χ1n) is 5.99. The SMILES string of the molecule is O=C(OC[C@H]1OC[C@@H]([C@H](O)CO)O1)c1ccccc1. The Morgan fingerprint density at radius 1 is 1.42 bits per heavy atom. The smallest absolute Gasteiger partial charge is 0.338 e. The third-order valence-electron chi connectivity index (χ3n) is 2.75. The quantitative estimate of drug-likeness (QED) is 0.728. The molecule has 104 valence electrons. The maximum Gasteiger partial charge on any atom is 0.338 e. The molecule has 1 aromatic carbocycles. The Kier molecular flexibility index (Phi) is 4.86. The summed E-state index contributed by atoms with van der Waals surface area (Å²) in [6.45, 7) is -0.289. The van der Waals surface area contributed by atoms with Gasteiger partial charge in [0.05, 0.1) is 18.8 Å². The van der Waals surface area contributed by atoms with E-state index in [2.05, 4.69) is 0 Å². The predicted molar refractivity (Wildman–Crippen MR) is 64.4 cm³/mol. The van der Waals surface area contributed by atoms with E-state index in [4.69, 9.17) is 19.3 Å². The monoisotopic (exact) mass is 268 g/mol. The molecule has 0 radical (unpaired) electrons. The Hall–Kier alpha value is -1.47. The van der Waals surface area contributed by atoms with Crippen molar-refractivity contribution < 1.29 is 29.2 Å². The van der Waals surface area contributed by atoms with Crippen LogP contribution < -0.4 is 0 Å². The molecule has 6 heteroatoms. The van der Waals surface area contributed by atoms with Crippen LogP contribution in [0.4, 0.5) is 0 Å². The van der Waals surface area contributed by atoms with E-state index in [1.54, 1.807) is 30.3 Å². The number of aliphatic hydroxyl groups excluding tert-OH is 2. The van der Waals surface area contributed by atoms with Crippen LogP contribution in [0.15, 0.2) is 30.3 Å². The predicted octanol–water partition coefficient (Wildman–Crippen LogP) is -0.0619. The third kappa shape index (κ3) is 3.74. The second kappa shape index (κ2) is 6.63. The van der Waals surface area contributed by atoms with E-state index in [0.29, 0.717) is 5.56 Å². The van der Waals surface area contributed by atoms with Crippen LogP contribution >= 0.6 is 0 Å². The molecule has 1 saturated heterocycles. The molecular weight excluding hydrogens is 252 g/mol. The highest BCUT2D eigenvalue weighted by atomic mass is 16.7. The number of ether oxygens (including phenoxy) is 3. The van der Waals surface area contributed by atoms with Crippen molar-refractivity contribution in [2.75, 3.05) is 19.8 Å². The minimum absolute atomic E-state index is 0.0532. The fourth-order valence-corrected chi connectivity index (χ4v) is 1.68. The molecule has 19 heavy (non-hydrogen) atoms. The van der Waals surface area contributed by atoms with Crippen molar-refractivity contribution in [1.29, 1.82) is 0 Å². The van der Waals surface area contributed by atoms with Crippen LogP contribution in [0.25, 0.3) is 0 Å². The average Bonchev–Trinajstić information content (AvgIpc) is 2.93. The lowest BCUT2D eigenvalue weighted by atomic mass is 10.2. The maximum atomic E-state index is 11.7. The third-order valence-corrected chi connectivity index (χ3v) is 2.75. The summed E-state index contributed by atoms with van der Waals surface area (Å²) in [4.78, 5) is 11.7. The summed E-state index contributed by atoms with van der Waals surface area (Å²) in [5.41, 5.74) is 0.451. The van der Waals surface area contributed by atoms with Crippen molar-refractivity contribution in [3.63, 3.8) is 0 Å². The molecule has 1 aromatic rings. The Morgan fingerprint density at radius 3 is 2.84 bits per heavy atom. The lowest BCUT2D eigenvalue weighted by Gasteiger charge is -2.14. The van der Waals surface area contributed by atoms with E-state index in [9.17, 15) is 9.90 Å². The zero-order valence-electron chi connectivity index (χ0n) is 10.3. The number of benzene rings is 1. The Morgan fingerprint density at radius 2 is 2.16 bits per heavy atom. The van der Waals surface area contributed by atoms with Crippen molar-refractivity contribution in [2.24, 2.45) is 0 Å². The van der Waals surface area contributed by atoms with Crippen LogP contribution in [0.5, 0.6) is 0 Å². The molecule has 1 aliphatic heterocycles. The molecule has 0 aromatic heterocycles. The summed E-state index contributed by atoms with van der Waals surface area (Å²) in [6.07, 6.45) is -2.29. The first-order chi connectivity index (χ1) is 9.20. The van der Waals surface area contributed by atoms with Gasteiger partial charge < -0.3 is 24.4 Å². The van der Waals surface area contributed by atoms with Gasteiger partial charge in [-0.3, -0.25) is 0 Å². The number of esters is 1. The number of carbonyl (C=O) groups excluding carboxylic acids is 1. The van der Waals surface area contributed by atoms with Crippen molar-refractivity contribution in [1.82, 2.24) is 0 Å². The molecule has 0 unspecified atom stereocenters. The van der Waals surface area contributed by atoms with E-state index in [1.165, 1.54) is 0 Å². The molecule has 6 nitrogen and oxygen atoms in total. The van der Waals surface area contributed by atoms with E-state index in [-0.39, 0.29) is 13.2 Å². The largest absolute Gasteiger partial charge is 0.457 e. The molecule has 1 aliphatic rings. The Balaban J connectivity index is 1.76. The van der Waals surface area contributed by atoms with Gasteiger partial charge in [0.15, 0.2) is 6.29 Å². The van der Waals surface area contributed by atoms with Gasteiger partial charge in [-0.1, -0.05) is 18.2 Å². The van der Waals surface area contributed by atoms with Crippen molar-refractivity contribution in [3.05, 3.63) is 35.9 Å². The molecule has 3 atom stereocenters. The maximum absolute atomic E-state index is 11.7. The van der Waals surface area contributed by atoms with Crippen molar-refractivity contribution >= 4 is 5.97 Å². The molecule has 1 heterocycles. The number of hydrogen-bond donors (Lipinski definition) is 2. The van der Waals surface area contributed by atoms with E-state index in [0.717, 1.165) is 0 Å². The van der Waals surface area contributed by atoms with Crippen molar-refractivity contribution in [2.45, 2.75) is 18.5 Å². The minimum atomic E-state index is -0.991. The fraction of sp³-hybridized carbons (Fsp3) is 0.462. The van der Waals surface area contributed by atoms with Gasteiger partial charge in [-0.15, -0.1) is 0 Å². The van der Waals surface area contributed by atoms with Gasteiger partial charge in [-0.2, -0.15) is 0 Å². The summed E-state index contributed by atoms with van der Waals surface area (Å²) < 4.78 is 15.5. The lowest BCUT2D eigenvalue weighted by molar-refractivity contribution is -0.112. The number of aliphatic hydroxyl groups is 2. The molecular formula is C13H16O6. The fourth-order valence-electron chi connectivity index (χ4n) is 1.68. The minimum Gasteiger partial charge on any atom is -0.457 e. The van der Waals surface area contributed by atoms with Crippen LogP contribution in [-0.4, -0.2) is 54.5 Å². The van der Waals surface area contributed by atoms with Gasteiger partial charge in [0.2, 0.25) is 0 Å². The first kappa shape index (κ1) is 14.0. The summed E-state index contributed by atoms with van der Waals surface area (Å²) in [5.74, 6) is -0.459. The standard InChI is InChI=1S/C13H16O6/c14-6-10(15)11-7-17-12(19-11)8-18-13(16)9-4-2-1-3-5-9/h1-5,10-12,14-15H,6-8H2/t10-,11+,12+/m1/s1. The average molecular weight is 268 g/mol. The second-order valence-electron chi connectivity index (χ2n) is 4.15. The Bertz CT molecular complexity index is 407. The number of rotatable bonds is 5. The van der Waals surface area contributed by atoms with Gasteiger partial charge in [0.25, 0.3) is 0 Å². The van der Waals surface area contributed by atoms with Crippen molar-refractivity contribution in [3.8, 4) is 0 Å². The van der Waals surface area contributed by atoms with Gasteiger partial charge in [-0.05, 0) is 12.1 Å². The van der Waals surface area contributed by atoms with Gasteiger partial charge in [-0.25, -0.2) is 4.79 Å². The molecule has 1 fully saturated rings. The summed E-state index contributed by atoms with van der Waals surface area (Å²) in [5, 5.41) is 18.1. The lowest BCUT2D eigenvalue weighted by Crippen LogP contribution is -2.32. The molecule has 0 bridgehead atoms. The topological polar surface area (TPSA) is 85.2 Å². The number of carbonyl (C=O) groups is 1. The molecule has 2 rings (SSSR count). The van der Waals surface area contributed by atoms with Crippen LogP contribution in [0, 0.1) is 0 Å². The van der Waals surface area contributed by atoms with Crippen LogP contribution in [0.2, 0.25) is 0 Å². The highest BCUT2D eigenvalue weighted by Crippen LogP contribution is 2.15. The first-order valence-corrected chi connectivity index (χ1v) is 5.99. The van der Waals surface area contributed by atoms with Crippen LogP contribution in [-0.2, 0) is 14.2 Å². The zero-order chi connectivity index (χ0) is 13.7. The normalized spacial score (nSPS) is 24.1. The second-order valence-corrected chi connectivity index (χ2v) is 4.15. The van der Waals surface area contributed by atoms with Gasteiger partial charge in [0, 0.05) is 0 Å². The van der Waals surface area contributed by atoms with Gasteiger partial charge >= 0.3 is 5.97 Å². The highest BCUT2D eigenvalue weighted by molar-refractivity contribution is 5.89. The van der Waals surface area contributed by atoms with E-state index >= 15 is 0 Å². The molecule has 0 aliphatic carbocycles. The summed E-state index contributed by atoms with van der Waals surface area (Å²) >= 11 is 0. The molecule has 0 spiro atoms. The summed E-state index contributed by atoms with van der Waals surface area (Å²) in [6, 6.07) is 8.59. The Labute approximate surface area is 110 Å². The molecule has 2 N–H and O–H groups in total. The van der Waals surface area contributed by atoms with E-state index < -0.39 is 31.1 Å². The van der Waals surface area contributed by atoms with Crippen LogP contribution in [0.1, 0.15) is 10.4 Å². The zero-order valence-corrected chi connectivity index (χ0v) is 10.3. The van der Waals surface area contributed by atoms with Gasteiger partial charge in [0.1, 0.15) is 18.8 Å². The van der Waals surface area contributed by atoms with E-state index in [1.807, 2.05) is 0 Å². The van der Waals surface area contributed by atoms with Crippen LogP contribution in [0.3, 0.4) is 0 Å².